The molecule has 2 N–H and O–H groups in total. The number of anilines is 2. The summed E-state index contributed by atoms with van der Waals surface area (Å²) in [5, 5.41) is 12.1. The second kappa shape index (κ2) is 10.2. The van der Waals surface area contributed by atoms with Gasteiger partial charge in [-0.2, -0.15) is 4.98 Å². The van der Waals surface area contributed by atoms with E-state index in [1.165, 1.54) is 16.7 Å². The minimum absolute atomic E-state index is 0.0644. The van der Waals surface area contributed by atoms with E-state index in [1.807, 2.05) is 13.0 Å². The zero-order valence-electron chi connectivity index (χ0n) is 19.5. The Hall–Kier alpha value is -4.25. The van der Waals surface area contributed by atoms with Crippen LogP contribution in [0.15, 0.2) is 69.2 Å². The monoisotopic (exact) mass is 510 g/mol. The van der Waals surface area contributed by atoms with Crippen LogP contribution in [-0.4, -0.2) is 47.3 Å². The third kappa shape index (κ3) is 5.69. The number of benzene rings is 1. The van der Waals surface area contributed by atoms with Crippen molar-refractivity contribution in [2.45, 2.75) is 31.8 Å². The first-order chi connectivity index (χ1) is 17.1. The summed E-state index contributed by atoms with van der Waals surface area (Å²) in [6.07, 6.45) is 3.58. The molecule has 4 rings (SSSR count). The van der Waals surface area contributed by atoms with Gasteiger partial charge < -0.3 is 15.2 Å². The molecule has 186 valence electrons. The number of dihydropyridines is 1. The summed E-state index contributed by atoms with van der Waals surface area (Å²) in [4.78, 5) is 48.4. The van der Waals surface area contributed by atoms with Gasteiger partial charge in [-0.25, -0.2) is 23.9 Å². The van der Waals surface area contributed by atoms with Crippen molar-refractivity contribution in [3.05, 3.63) is 81.3 Å². The van der Waals surface area contributed by atoms with E-state index in [-0.39, 0.29) is 30.6 Å². The minimum Gasteiger partial charge on any atom is -0.477 e. The molecule has 1 aliphatic heterocycles. The third-order valence-corrected chi connectivity index (χ3v) is 5.52. The van der Waals surface area contributed by atoms with Crippen molar-refractivity contribution in [3.8, 4) is 11.6 Å². The number of halogens is 1. The van der Waals surface area contributed by atoms with Crippen molar-refractivity contribution >= 4 is 34.9 Å². The maximum Gasteiger partial charge on any atom is 0.354 e. The lowest BCUT2D eigenvalue weighted by Crippen LogP contribution is -2.43. The van der Waals surface area contributed by atoms with Crippen molar-refractivity contribution < 1.29 is 14.6 Å². The number of aromatic nitrogens is 4. The number of aliphatic imine (C=N–C) groups is 1. The van der Waals surface area contributed by atoms with E-state index < -0.39 is 22.2 Å². The highest BCUT2D eigenvalue weighted by Gasteiger charge is 2.21. The van der Waals surface area contributed by atoms with Gasteiger partial charge in [0.2, 0.25) is 11.8 Å². The number of hydrogen-bond donors (Lipinski definition) is 2. The van der Waals surface area contributed by atoms with E-state index in [9.17, 15) is 14.4 Å². The minimum atomic E-state index is -1.16. The Morgan fingerprint density at radius 2 is 1.92 bits per heavy atom. The number of nitrogens with one attached hydrogen (secondary N) is 1. The summed E-state index contributed by atoms with van der Waals surface area (Å²) >= 11 is 6.29. The van der Waals surface area contributed by atoms with Crippen LogP contribution in [0.25, 0.3) is 0 Å². The van der Waals surface area contributed by atoms with Gasteiger partial charge in [-0.15, -0.1) is 11.6 Å². The van der Waals surface area contributed by atoms with Gasteiger partial charge in [0.05, 0.1) is 23.7 Å². The molecule has 12 heteroatoms. The average molecular weight is 511 g/mol. The number of pyridine rings is 1. The highest BCUT2D eigenvalue weighted by Crippen LogP contribution is 2.23. The fraction of sp³-hybridized carbons (Fsp3) is 0.250. The number of ether oxygens (including phenoxy) is 1. The van der Waals surface area contributed by atoms with Crippen LogP contribution >= 0.6 is 11.6 Å². The number of aromatic carboxylic acids is 1. The number of carboxylic acid groups (broad SMARTS) is 1. The van der Waals surface area contributed by atoms with Gasteiger partial charge in [0.25, 0.3) is 0 Å². The molecular weight excluding hydrogens is 488 g/mol. The van der Waals surface area contributed by atoms with E-state index in [4.69, 9.17) is 21.4 Å². The maximum atomic E-state index is 13.0. The summed E-state index contributed by atoms with van der Waals surface area (Å²) < 4.78 is 8.01. The van der Waals surface area contributed by atoms with Crippen molar-refractivity contribution in [3.63, 3.8) is 0 Å². The molecule has 0 spiro atoms. The molecule has 1 aromatic carbocycles. The van der Waals surface area contributed by atoms with Gasteiger partial charge >= 0.3 is 17.3 Å². The van der Waals surface area contributed by atoms with Gasteiger partial charge in [-0.05, 0) is 50.3 Å². The normalized spacial score (nSPS) is 16.9. The van der Waals surface area contributed by atoms with Gasteiger partial charge in [-0.3, -0.25) is 9.56 Å². The molecule has 36 heavy (non-hydrogen) atoms. The lowest BCUT2D eigenvalue weighted by Gasteiger charge is -2.21. The highest BCUT2D eigenvalue weighted by molar-refractivity contribution is 6.26. The molecule has 0 bridgehead atoms. The molecule has 1 aliphatic rings. The Bertz CT molecular complexity index is 1470. The Kier molecular flexibility index (Phi) is 7.02. The lowest BCUT2D eigenvalue weighted by molar-refractivity contribution is 0.0689. The third-order valence-electron chi connectivity index (χ3n) is 5.28. The number of rotatable bonds is 8. The molecule has 0 aliphatic carbocycles. The Labute approximate surface area is 210 Å². The Morgan fingerprint density at radius 3 is 2.56 bits per heavy atom. The molecule has 0 amide bonds. The fourth-order valence-corrected chi connectivity index (χ4v) is 3.50. The summed E-state index contributed by atoms with van der Waals surface area (Å²) in [7, 11) is 0. The first-order valence-corrected chi connectivity index (χ1v) is 11.4. The molecule has 1 atom stereocenters. The smallest absolute Gasteiger partial charge is 0.354 e. The van der Waals surface area contributed by atoms with Crippen LogP contribution in [-0.2, 0) is 13.1 Å². The molecule has 0 fully saturated rings. The quantitative estimate of drug-likeness (QED) is 0.440. The Balaban J connectivity index is 1.58. The van der Waals surface area contributed by atoms with Crippen LogP contribution in [0.1, 0.15) is 24.3 Å². The predicted molar refractivity (Wildman–Crippen MR) is 135 cm³/mol. The molecule has 0 radical (unpaired) electrons. The van der Waals surface area contributed by atoms with Crippen molar-refractivity contribution in [1.82, 2.24) is 19.1 Å². The van der Waals surface area contributed by atoms with E-state index in [1.54, 1.807) is 43.3 Å². The highest BCUT2D eigenvalue weighted by atomic mass is 35.5. The number of alkyl halides is 1. The number of allylic oxidation sites excluding steroid dienone is 1. The first kappa shape index (κ1) is 24.9. The van der Waals surface area contributed by atoms with E-state index in [2.05, 4.69) is 20.3 Å². The van der Waals surface area contributed by atoms with Gasteiger partial charge in [0.1, 0.15) is 5.75 Å². The van der Waals surface area contributed by atoms with E-state index >= 15 is 0 Å². The number of carboxylic acids is 1. The Morgan fingerprint density at radius 1 is 1.17 bits per heavy atom. The van der Waals surface area contributed by atoms with Gasteiger partial charge in [-0.1, -0.05) is 12.1 Å². The molecule has 0 saturated heterocycles. The van der Waals surface area contributed by atoms with Crippen LogP contribution in [0.3, 0.4) is 0 Å². The molecule has 2 aromatic heterocycles. The largest absolute Gasteiger partial charge is 0.477 e. The van der Waals surface area contributed by atoms with Crippen LogP contribution < -0.4 is 21.4 Å². The number of nitrogens with zero attached hydrogens (tertiary/aromatic N) is 5. The zero-order valence-corrected chi connectivity index (χ0v) is 20.3. The molecule has 3 heterocycles. The summed E-state index contributed by atoms with van der Waals surface area (Å²) in [5.41, 5.74) is -0.149. The molecule has 11 nitrogen and oxygen atoms in total. The van der Waals surface area contributed by atoms with Gasteiger partial charge in [0.15, 0.2) is 5.69 Å². The van der Waals surface area contributed by atoms with Crippen LogP contribution in [0.5, 0.6) is 11.6 Å². The van der Waals surface area contributed by atoms with Crippen LogP contribution in [0.2, 0.25) is 0 Å². The number of hydrogen-bond acceptors (Lipinski definition) is 8. The second-order valence-electron chi connectivity index (χ2n) is 8.17. The molecular formula is C24H23ClN6O5. The maximum absolute atomic E-state index is 13.0. The van der Waals surface area contributed by atoms with Crippen LogP contribution in [0, 0.1) is 0 Å². The molecule has 0 saturated carbocycles. The fourth-order valence-electron chi connectivity index (χ4n) is 3.38. The van der Waals surface area contributed by atoms with Crippen molar-refractivity contribution in [2.75, 3.05) is 11.9 Å². The standard InChI is InChI=1S/C24H23ClN6O5/c1-3-30-22(34)29-21(31(23(30)35)13-16-11-12-24(2,25)14-26-16)27-15-7-9-17(10-8-15)36-19-6-4-5-18(28-19)20(32)33/h4-12H,3,13-14H2,1-2H3,(H,32,33)(H,27,29,34). The SMILES string of the molecule is CCn1c(=O)nc(Nc2ccc(Oc3cccc(C(=O)O)n3)cc2)n(CC2=NCC(C)(Cl)C=C2)c1=O. The molecule has 1 unspecified atom stereocenters. The summed E-state index contributed by atoms with van der Waals surface area (Å²) in [6.45, 7) is 4.18. The topological polar surface area (TPSA) is 141 Å². The number of carbonyl (C=O) groups is 1. The summed E-state index contributed by atoms with van der Waals surface area (Å²) in [6, 6.07) is 11.0. The predicted octanol–water partition coefficient (Wildman–Crippen LogP) is 3.06. The van der Waals surface area contributed by atoms with E-state index in [0.29, 0.717) is 23.7 Å². The van der Waals surface area contributed by atoms with Crippen LogP contribution in [0.4, 0.5) is 11.6 Å². The zero-order chi connectivity index (χ0) is 25.9. The van der Waals surface area contributed by atoms with E-state index in [0.717, 1.165) is 4.57 Å². The second-order valence-corrected chi connectivity index (χ2v) is 9.03. The first-order valence-electron chi connectivity index (χ1n) is 11.0. The van der Waals surface area contributed by atoms with Crippen molar-refractivity contribution in [2.24, 2.45) is 4.99 Å². The molecule has 3 aromatic rings. The average Bonchev–Trinajstić information content (AvgIpc) is 2.84. The van der Waals surface area contributed by atoms with Crippen molar-refractivity contribution in [1.29, 1.82) is 0 Å². The lowest BCUT2D eigenvalue weighted by atomic mass is 10.1. The van der Waals surface area contributed by atoms with Gasteiger partial charge in [0, 0.05) is 18.3 Å². The summed E-state index contributed by atoms with van der Waals surface area (Å²) in [5.74, 6) is -0.554.